The molecule has 2 nitrogen and oxygen atoms in total. The average Bonchev–Trinajstić information content (AvgIpc) is 4.28. The van der Waals surface area contributed by atoms with Gasteiger partial charge in [-0.05, 0) is 204 Å². The summed E-state index contributed by atoms with van der Waals surface area (Å²) >= 11 is 0. The Morgan fingerprint density at radius 3 is 1.42 bits per heavy atom. The third-order valence-electron chi connectivity index (χ3n) is 17.5. The van der Waals surface area contributed by atoms with Gasteiger partial charge in [0, 0.05) is 38.6 Å². The minimum Gasteiger partial charge on any atom is -0.334 e. The van der Waals surface area contributed by atoms with Crippen LogP contribution >= 0.6 is 0 Å². The number of hydrogen-bond donors (Lipinski definition) is 0. The second-order valence-corrected chi connectivity index (χ2v) is 21.7. The smallest absolute Gasteiger partial charge is 0.0562 e. The van der Waals surface area contributed by atoms with Crippen LogP contribution in [0.3, 0.4) is 0 Å². The molecule has 0 N–H and O–H groups in total. The van der Waals surface area contributed by atoms with Gasteiger partial charge in [-0.1, -0.05) is 176 Å². The monoisotopic (exact) mass is 970 g/mol. The van der Waals surface area contributed by atoms with E-state index >= 15 is 0 Å². The zero-order valence-corrected chi connectivity index (χ0v) is 42.4. The molecule has 0 saturated heterocycles. The quantitative estimate of drug-likeness (QED) is 0.140. The molecule has 1 atom stereocenters. The van der Waals surface area contributed by atoms with Crippen LogP contribution in [-0.2, 0) is 12.8 Å². The van der Waals surface area contributed by atoms with Gasteiger partial charge < -0.3 is 9.80 Å². The summed E-state index contributed by atoms with van der Waals surface area (Å²) in [5.41, 5.74) is 16.9. The van der Waals surface area contributed by atoms with E-state index < -0.39 is 0 Å². The van der Waals surface area contributed by atoms with Crippen molar-refractivity contribution in [3.8, 4) is 22.3 Å². The third-order valence-corrected chi connectivity index (χ3v) is 17.5. The first-order valence-corrected chi connectivity index (χ1v) is 27.5. The second-order valence-electron chi connectivity index (χ2n) is 21.7. The number of rotatable bonds is 8. The number of anilines is 5. The van der Waals surface area contributed by atoms with Crippen molar-refractivity contribution < 1.29 is 0 Å². The van der Waals surface area contributed by atoms with Crippen LogP contribution in [0.5, 0.6) is 0 Å². The molecule has 3 aliphatic carbocycles. The van der Waals surface area contributed by atoms with Crippen molar-refractivity contribution >= 4 is 104 Å². The summed E-state index contributed by atoms with van der Waals surface area (Å²) in [4.78, 5) is 5.28. The lowest BCUT2D eigenvalue weighted by molar-refractivity contribution is 0.773. The summed E-state index contributed by atoms with van der Waals surface area (Å²) in [6.07, 6.45) is 13.2. The molecule has 0 radical (unpaired) electrons. The molecule has 0 bridgehead atoms. The summed E-state index contributed by atoms with van der Waals surface area (Å²) in [6.45, 7) is 0. The fourth-order valence-corrected chi connectivity index (χ4v) is 13.8. The molecule has 0 aliphatic heterocycles. The van der Waals surface area contributed by atoms with Crippen molar-refractivity contribution in [1.82, 2.24) is 0 Å². The predicted molar refractivity (Wildman–Crippen MR) is 325 cm³/mol. The van der Waals surface area contributed by atoms with Crippen molar-refractivity contribution in [2.45, 2.75) is 51.0 Å². The van der Waals surface area contributed by atoms with Crippen LogP contribution in [-0.4, -0.2) is 6.04 Å². The second kappa shape index (κ2) is 17.3. The van der Waals surface area contributed by atoms with E-state index in [4.69, 9.17) is 0 Å². The van der Waals surface area contributed by atoms with Crippen LogP contribution < -0.4 is 9.80 Å². The van der Waals surface area contributed by atoms with Crippen molar-refractivity contribution in [2.24, 2.45) is 0 Å². The fourth-order valence-electron chi connectivity index (χ4n) is 13.8. The van der Waals surface area contributed by atoms with Crippen molar-refractivity contribution in [2.75, 3.05) is 9.80 Å². The van der Waals surface area contributed by atoms with E-state index in [1.54, 1.807) is 5.57 Å². The molecular weight excluding hydrogens is 917 g/mol. The Balaban J connectivity index is 1.05. The molecule has 0 spiro atoms. The highest BCUT2D eigenvalue weighted by molar-refractivity contribution is 6.32. The van der Waals surface area contributed by atoms with Gasteiger partial charge in [0.1, 0.15) is 0 Å². The van der Waals surface area contributed by atoms with E-state index in [1.807, 2.05) is 0 Å². The molecule has 13 aromatic rings. The van der Waals surface area contributed by atoms with Gasteiger partial charge in [-0.25, -0.2) is 0 Å². The zero-order chi connectivity index (χ0) is 49.8. The topological polar surface area (TPSA) is 6.48 Å². The molecular formula is C74H54N2. The summed E-state index contributed by atoms with van der Waals surface area (Å²) in [6, 6.07) is 85.9. The Morgan fingerprint density at radius 1 is 0.329 bits per heavy atom. The Morgan fingerprint density at radius 2 is 0.789 bits per heavy atom. The number of fused-ring (bicyclic) bond motifs is 6. The average molecular weight is 971 g/mol. The van der Waals surface area contributed by atoms with Crippen molar-refractivity contribution in [1.29, 1.82) is 0 Å². The van der Waals surface area contributed by atoms with Crippen LogP contribution in [0.25, 0.3) is 97.7 Å². The summed E-state index contributed by atoms with van der Waals surface area (Å²) in [7, 11) is 0. The molecule has 0 amide bonds. The predicted octanol–water partition coefficient (Wildman–Crippen LogP) is 20.4. The van der Waals surface area contributed by atoms with Gasteiger partial charge in [-0.3, -0.25) is 0 Å². The summed E-state index contributed by atoms with van der Waals surface area (Å²) in [5.74, 6) is 0. The van der Waals surface area contributed by atoms with Gasteiger partial charge in [0.25, 0.3) is 0 Å². The highest BCUT2D eigenvalue weighted by atomic mass is 15.2. The van der Waals surface area contributed by atoms with E-state index in [0.717, 1.165) is 31.4 Å². The van der Waals surface area contributed by atoms with Gasteiger partial charge in [-0.2, -0.15) is 0 Å². The Hall–Kier alpha value is -8.98. The molecule has 13 aromatic carbocycles. The highest BCUT2D eigenvalue weighted by Crippen LogP contribution is 2.53. The maximum atomic E-state index is 2.71. The molecule has 76 heavy (non-hydrogen) atoms. The third kappa shape index (κ3) is 7.01. The zero-order valence-electron chi connectivity index (χ0n) is 42.4. The number of allylic oxidation sites excluding steroid dienone is 2. The van der Waals surface area contributed by atoms with Gasteiger partial charge in [-0.15, -0.1) is 0 Å². The van der Waals surface area contributed by atoms with Crippen molar-refractivity contribution in [3.05, 3.63) is 259 Å². The SMILES string of the molecule is C1=C2CCCC2=CC(N(c2ccc3ccccc3c2)c2cc(-c3ccc4ccccc4c3)c3ccc4c(N(c5ccc6c(c5)CCC6)c5ccc6ccccc6c5)cc(-c5ccc6ccccc6c5)c5ccc2c3c54)C1. The Labute approximate surface area is 443 Å². The molecule has 0 aromatic heterocycles. The molecule has 360 valence electrons. The number of benzene rings is 13. The minimum atomic E-state index is 0.132. The van der Waals surface area contributed by atoms with Crippen LogP contribution in [0.4, 0.5) is 28.4 Å². The van der Waals surface area contributed by atoms with E-state index in [9.17, 15) is 0 Å². The van der Waals surface area contributed by atoms with E-state index in [2.05, 4.69) is 246 Å². The Bertz CT molecular complexity index is 4590. The molecule has 3 aliphatic rings. The number of hydrogen-bond acceptors (Lipinski definition) is 2. The fraction of sp³-hybridized carbons (Fsp3) is 0.108. The molecule has 0 heterocycles. The maximum Gasteiger partial charge on any atom is 0.0562 e. The van der Waals surface area contributed by atoms with Crippen LogP contribution in [0.15, 0.2) is 248 Å². The first-order chi connectivity index (χ1) is 37.6. The van der Waals surface area contributed by atoms with E-state index in [1.165, 1.54) is 156 Å². The largest absolute Gasteiger partial charge is 0.334 e. The lowest BCUT2D eigenvalue weighted by Crippen LogP contribution is -2.31. The lowest BCUT2D eigenvalue weighted by Gasteiger charge is -2.36. The first-order valence-electron chi connectivity index (χ1n) is 27.5. The molecule has 2 heteroatoms. The normalized spacial score (nSPS) is 15.3. The van der Waals surface area contributed by atoms with Gasteiger partial charge in [0.2, 0.25) is 0 Å². The maximum absolute atomic E-state index is 2.71. The van der Waals surface area contributed by atoms with Gasteiger partial charge in [0.15, 0.2) is 0 Å². The number of aryl methyl sites for hydroxylation is 2. The van der Waals surface area contributed by atoms with Crippen LogP contribution in [0, 0.1) is 0 Å². The van der Waals surface area contributed by atoms with Crippen LogP contribution in [0.1, 0.15) is 43.2 Å². The van der Waals surface area contributed by atoms with E-state index in [-0.39, 0.29) is 6.04 Å². The van der Waals surface area contributed by atoms with E-state index in [0.29, 0.717) is 0 Å². The molecule has 1 saturated carbocycles. The first kappa shape index (κ1) is 43.4. The van der Waals surface area contributed by atoms with Crippen LogP contribution in [0.2, 0.25) is 0 Å². The van der Waals surface area contributed by atoms with Gasteiger partial charge in [0.05, 0.1) is 17.4 Å². The summed E-state index contributed by atoms with van der Waals surface area (Å²) in [5, 5.41) is 17.6. The Kier molecular flexibility index (Phi) is 9.88. The van der Waals surface area contributed by atoms with Crippen molar-refractivity contribution in [3.63, 3.8) is 0 Å². The number of nitrogens with zero attached hydrogens (tertiary/aromatic N) is 2. The minimum absolute atomic E-state index is 0.132. The standard InChI is InChI=1S/C74H54N2/c1-5-15-53-39-59(25-23-47(53)11-1)69-45-71(75(63-33-29-51-19-9-21-57(51)43-63)61-31-27-49-13-3-7-17-55(49)41-61)67-38-36-66-70(60-26-24-48-12-2-6-16-54(48)40-60)46-72(68-37-35-65(69)73(67)74(66)68)76(64-34-30-52-20-10-22-58(52)44-64)62-32-28-50-14-4-8-18-56(50)42-62/h1-8,11-18,23-33,35-46,64H,9-10,19-22,34H2. The summed E-state index contributed by atoms with van der Waals surface area (Å²) < 4.78 is 0. The highest BCUT2D eigenvalue weighted by Gasteiger charge is 2.30. The van der Waals surface area contributed by atoms with Gasteiger partial charge >= 0.3 is 0 Å². The lowest BCUT2D eigenvalue weighted by atomic mass is 9.84. The molecule has 1 unspecified atom stereocenters. The molecule has 1 fully saturated rings. The molecule has 16 rings (SSSR count).